The molecular formula is C19H29NO3. The van der Waals surface area contributed by atoms with E-state index in [0.717, 1.165) is 12.8 Å². The van der Waals surface area contributed by atoms with Gasteiger partial charge in [0.15, 0.2) is 0 Å². The molecular weight excluding hydrogens is 290 g/mol. The minimum absolute atomic E-state index is 0.0247. The third kappa shape index (κ3) is 8.38. The van der Waals surface area contributed by atoms with Gasteiger partial charge in [-0.3, -0.25) is 4.79 Å². The van der Waals surface area contributed by atoms with Crippen molar-refractivity contribution in [1.29, 1.82) is 0 Å². The molecule has 0 heterocycles. The number of carbonyl (C=O) groups excluding carboxylic acids is 2. The molecule has 0 aliphatic heterocycles. The molecule has 1 aromatic carbocycles. The van der Waals surface area contributed by atoms with Crippen molar-refractivity contribution in [3.63, 3.8) is 0 Å². The van der Waals surface area contributed by atoms with Crippen LogP contribution in [-0.2, 0) is 9.53 Å². The molecule has 1 amide bonds. The highest BCUT2D eigenvalue weighted by Gasteiger charge is 2.08. The molecule has 0 unspecified atom stereocenters. The van der Waals surface area contributed by atoms with E-state index >= 15 is 0 Å². The zero-order valence-electron chi connectivity index (χ0n) is 14.6. The van der Waals surface area contributed by atoms with Crippen molar-refractivity contribution >= 4 is 17.6 Å². The monoisotopic (exact) mass is 319 g/mol. The number of ether oxygens (including phenoxy) is 1. The maximum atomic E-state index is 11.8. The molecule has 0 radical (unpaired) electrons. The van der Waals surface area contributed by atoms with Gasteiger partial charge < -0.3 is 10.1 Å². The van der Waals surface area contributed by atoms with Gasteiger partial charge in [0.05, 0.1) is 12.2 Å². The van der Waals surface area contributed by atoms with Crippen molar-refractivity contribution in [3.05, 3.63) is 29.8 Å². The number of amides is 1. The summed E-state index contributed by atoms with van der Waals surface area (Å²) in [6, 6.07) is 6.83. The van der Waals surface area contributed by atoms with E-state index in [9.17, 15) is 9.59 Å². The average Bonchev–Trinajstić information content (AvgIpc) is 2.53. The van der Waals surface area contributed by atoms with Crippen LogP contribution in [0, 0.1) is 5.92 Å². The Bertz CT molecular complexity index is 480. The van der Waals surface area contributed by atoms with Crippen molar-refractivity contribution in [2.75, 3.05) is 11.9 Å². The maximum absolute atomic E-state index is 11.8. The van der Waals surface area contributed by atoms with Crippen LogP contribution in [0.4, 0.5) is 5.69 Å². The summed E-state index contributed by atoms with van der Waals surface area (Å²) in [5.41, 5.74) is 1.21. The lowest BCUT2D eigenvalue weighted by Gasteiger charge is -2.08. The summed E-state index contributed by atoms with van der Waals surface area (Å²) < 4.78 is 5.17. The quantitative estimate of drug-likeness (QED) is 0.498. The number of esters is 1. The van der Waals surface area contributed by atoms with E-state index in [-0.39, 0.29) is 11.9 Å². The number of carbonyl (C=O) groups is 2. The molecule has 0 aliphatic rings. The largest absolute Gasteiger partial charge is 0.462 e. The second-order valence-electron chi connectivity index (χ2n) is 6.28. The first kappa shape index (κ1) is 19.2. The molecule has 0 saturated heterocycles. The van der Waals surface area contributed by atoms with Crippen molar-refractivity contribution in [2.24, 2.45) is 5.92 Å². The number of unbranched alkanes of at least 4 members (excludes halogenated alkanes) is 4. The van der Waals surface area contributed by atoms with Crippen LogP contribution in [0.5, 0.6) is 0 Å². The van der Waals surface area contributed by atoms with Gasteiger partial charge >= 0.3 is 5.97 Å². The fraction of sp³-hybridized carbons (Fsp3) is 0.579. The standard InChI is InChI=1S/C19H29NO3/c1-4-5-6-7-8-9-18(21)20-17-12-10-16(11-13-17)19(22)23-14-15(2)3/h10-13,15H,4-9,14H2,1-3H3,(H,20,21). The summed E-state index contributed by atoms with van der Waals surface area (Å²) in [7, 11) is 0. The normalized spacial score (nSPS) is 10.6. The lowest BCUT2D eigenvalue weighted by atomic mass is 10.1. The maximum Gasteiger partial charge on any atom is 0.338 e. The van der Waals surface area contributed by atoms with Gasteiger partial charge in [0.1, 0.15) is 0 Å². The summed E-state index contributed by atoms with van der Waals surface area (Å²) >= 11 is 0. The second kappa shape index (κ2) is 10.8. The van der Waals surface area contributed by atoms with Crippen LogP contribution in [0.2, 0.25) is 0 Å². The molecule has 0 saturated carbocycles. The summed E-state index contributed by atoms with van der Waals surface area (Å²) in [5.74, 6) is 0.0129. The Balaban J connectivity index is 2.35. The van der Waals surface area contributed by atoms with Crippen LogP contribution >= 0.6 is 0 Å². The van der Waals surface area contributed by atoms with Crippen LogP contribution in [0.15, 0.2) is 24.3 Å². The molecule has 128 valence electrons. The van der Waals surface area contributed by atoms with E-state index in [1.54, 1.807) is 24.3 Å². The van der Waals surface area contributed by atoms with E-state index in [4.69, 9.17) is 4.74 Å². The summed E-state index contributed by atoms with van der Waals surface area (Å²) in [6.07, 6.45) is 6.19. The Morgan fingerprint density at radius 2 is 1.70 bits per heavy atom. The molecule has 0 bridgehead atoms. The number of hydrogen-bond acceptors (Lipinski definition) is 3. The minimum atomic E-state index is -0.326. The van der Waals surface area contributed by atoms with Crippen molar-refractivity contribution in [3.8, 4) is 0 Å². The Morgan fingerprint density at radius 1 is 1.04 bits per heavy atom. The zero-order chi connectivity index (χ0) is 17.1. The minimum Gasteiger partial charge on any atom is -0.462 e. The molecule has 1 N–H and O–H groups in total. The molecule has 0 aromatic heterocycles. The predicted molar refractivity (Wildman–Crippen MR) is 93.6 cm³/mol. The molecule has 0 atom stereocenters. The highest BCUT2D eigenvalue weighted by atomic mass is 16.5. The number of nitrogens with one attached hydrogen (secondary N) is 1. The van der Waals surface area contributed by atoms with Gasteiger partial charge in [-0.05, 0) is 36.6 Å². The van der Waals surface area contributed by atoms with Crippen LogP contribution in [0.3, 0.4) is 0 Å². The van der Waals surface area contributed by atoms with E-state index < -0.39 is 0 Å². The number of hydrogen-bond donors (Lipinski definition) is 1. The first-order chi connectivity index (χ1) is 11.0. The van der Waals surface area contributed by atoms with Crippen LogP contribution in [0.1, 0.15) is 69.7 Å². The molecule has 4 nitrogen and oxygen atoms in total. The summed E-state index contributed by atoms with van der Waals surface area (Å²) in [4.78, 5) is 23.6. The fourth-order valence-corrected chi connectivity index (χ4v) is 2.13. The molecule has 1 rings (SSSR count). The highest BCUT2D eigenvalue weighted by Crippen LogP contribution is 2.12. The second-order valence-corrected chi connectivity index (χ2v) is 6.28. The van der Waals surface area contributed by atoms with E-state index in [1.165, 1.54) is 19.3 Å². The third-order valence-corrected chi connectivity index (χ3v) is 3.46. The Hall–Kier alpha value is -1.84. The van der Waals surface area contributed by atoms with Gasteiger partial charge in [0, 0.05) is 12.1 Å². The van der Waals surface area contributed by atoms with E-state index in [1.807, 2.05) is 13.8 Å². The predicted octanol–water partition coefficient (Wildman–Crippen LogP) is 4.80. The van der Waals surface area contributed by atoms with Gasteiger partial charge in [-0.25, -0.2) is 4.79 Å². The van der Waals surface area contributed by atoms with Crippen molar-refractivity contribution in [2.45, 2.75) is 59.3 Å². The third-order valence-electron chi connectivity index (χ3n) is 3.46. The fourth-order valence-electron chi connectivity index (χ4n) is 2.13. The van der Waals surface area contributed by atoms with Crippen LogP contribution in [0.25, 0.3) is 0 Å². The topological polar surface area (TPSA) is 55.4 Å². The summed E-state index contributed by atoms with van der Waals surface area (Å²) in [5, 5.41) is 2.86. The van der Waals surface area contributed by atoms with E-state index in [0.29, 0.717) is 30.2 Å². The smallest absolute Gasteiger partial charge is 0.338 e. The molecule has 23 heavy (non-hydrogen) atoms. The first-order valence-corrected chi connectivity index (χ1v) is 8.60. The molecule has 4 heteroatoms. The number of rotatable bonds is 10. The zero-order valence-corrected chi connectivity index (χ0v) is 14.6. The molecule has 0 aliphatic carbocycles. The number of anilines is 1. The Morgan fingerprint density at radius 3 is 2.30 bits per heavy atom. The first-order valence-electron chi connectivity index (χ1n) is 8.60. The Labute approximate surface area is 139 Å². The van der Waals surface area contributed by atoms with Gasteiger partial charge in [-0.15, -0.1) is 0 Å². The van der Waals surface area contributed by atoms with Crippen LogP contribution in [-0.4, -0.2) is 18.5 Å². The van der Waals surface area contributed by atoms with Crippen molar-refractivity contribution in [1.82, 2.24) is 0 Å². The highest BCUT2D eigenvalue weighted by molar-refractivity contribution is 5.93. The van der Waals surface area contributed by atoms with Gasteiger partial charge in [0.25, 0.3) is 0 Å². The average molecular weight is 319 g/mol. The molecule has 0 spiro atoms. The van der Waals surface area contributed by atoms with E-state index in [2.05, 4.69) is 12.2 Å². The van der Waals surface area contributed by atoms with Gasteiger partial charge in [0.2, 0.25) is 5.91 Å². The molecule has 1 aromatic rings. The number of benzene rings is 1. The lowest BCUT2D eigenvalue weighted by molar-refractivity contribution is -0.116. The van der Waals surface area contributed by atoms with Crippen LogP contribution < -0.4 is 5.32 Å². The Kier molecular flexibility index (Phi) is 9.03. The van der Waals surface area contributed by atoms with Gasteiger partial charge in [-0.1, -0.05) is 46.5 Å². The van der Waals surface area contributed by atoms with Crippen molar-refractivity contribution < 1.29 is 14.3 Å². The van der Waals surface area contributed by atoms with Gasteiger partial charge in [-0.2, -0.15) is 0 Å². The molecule has 0 fully saturated rings. The summed E-state index contributed by atoms with van der Waals surface area (Å²) in [6.45, 7) is 6.58. The lowest BCUT2D eigenvalue weighted by Crippen LogP contribution is -2.12. The SMILES string of the molecule is CCCCCCCC(=O)Nc1ccc(C(=O)OCC(C)C)cc1.